The highest BCUT2D eigenvalue weighted by Crippen LogP contribution is 2.33. The molecule has 2 aromatic rings. The van der Waals surface area contributed by atoms with Crippen molar-refractivity contribution < 1.29 is 28.5 Å². The number of rotatable bonds is 12. The van der Waals surface area contributed by atoms with Gasteiger partial charge in [-0.05, 0) is 35.4 Å². The molecule has 0 spiro atoms. The summed E-state index contributed by atoms with van der Waals surface area (Å²) in [6.07, 6.45) is 0.733. The van der Waals surface area contributed by atoms with Gasteiger partial charge in [0.1, 0.15) is 37.9 Å². The molecule has 0 aromatic heterocycles. The molecule has 0 aliphatic heterocycles. The molecule has 0 N–H and O–H groups in total. The molecule has 0 aliphatic carbocycles. The molecule has 0 radical (unpaired) electrons. The largest absolute Gasteiger partial charge is 0.490 e. The maximum atomic E-state index is 11.1. The Balaban J connectivity index is 1.89. The highest BCUT2D eigenvalue weighted by molar-refractivity contribution is 5.69. The van der Waals surface area contributed by atoms with Gasteiger partial charge >= 0.3 is 11.9 Å². The Kier molecular flexibility index (Phi) is 9.38. The van der Waals surface area contributed by atoms with Gasteiger partial charge in [-0.15, -0.1) is 0 Å². The molecule has 0 saturated heterocycles. The third-order valence-electron chi connectivity index (χ3n) is 4.96. The minimum Gasteiger partial charge on any atom is -0.490 e. The average Bonchev–Trinajstić information content (AvgIpc) is 2.79. The molecule has 0 bridgehead atoms. The Labute approximate surface area is 184 Å². The number of benzene rings is 2. The first-order chi connectivity index (χ1) is 14.9. The molecule has 0 aliphatic rings. The second kappa shape index (κ2) is 12.0. The monoisotopic (exact) mass is 428 g/mol. The number of ether oxygens (including phenoxy) is 4. The van der Waals surface area contributed by atoms with Gasteiger partial charge in [0.25, 0.3) is 0 Å². The molecule has 0 saturated carbocycles. The summed E-state index contributed by atoms with van der Waals surface area (Å²) in [6, 6.07) is 15.9. The zero-order valence-corrected chi connectivity index (χ0v) is 18.8. The van der Waals surface area contributed by atoms with Crippen LogP contribution in [0.2, 0.25) is 0 Å². The number of carbonyl (C=O) groups is 2. The van der Waals surface area contributed by atoms with Crippen LogP contribution in [0.1, 0.15) is 51.7 Å². The summed E-state index contributed by atoms with van der Waals surface area (Å²) >= 11 is 0. The van der Waals surface area contributed by atoms with E-state index in [4.69, 9.17) is 18.9 Å². The van der Waals surface area contributed by atoms with E-state index in [1.165, 1.54) is 0 Å². The first kappa shape index (κ1) is 24.3. The second-order valence-electron chi connectivity index (χ2n) is 7.52. The Morgan fingerprint density at radius 1 is 0.645 bits per heavy atom. The van der Waals surface area contributed by atoms with Crippen molar-refractivity contribution in [2.75, 3.05) is 26.4 Å². The van der Waals surface area contributed by atoms with Crippen LogP contribution in [0.25, 0.3) is 0 Å². The first-order valence-electron chi connectivity index (χ1n) is 10.6. The number of hydrogen-bond acceptors (Lipinski definition) is 6. The molecular formula is C25H32O6. The van der Waals surface area contributed by atoms with Gasteiger partial charge < -0.3 is 18.9 Å². The lowest BCUT2D eigenvalue weighted by atomic mass is 9.78. The molecule has 6 heteroatoms. The summed E-state index contributed by atoms with van der Waals surface area (Å²) < 4.78 is 21.3. The molecule has 0 atom stereocenters. The fourth-order valence-corrected chi connectivity index (χ4v) is 2.94. The second-order valence-corrected chi connectivity index (χ2v) is 7.52. The quantitative estimate of drug-likeness (QED) is 0.361. The highest BCUT2D eigenvalue weighted by atomic mass is 16.6. The van der Waals surface area contributed by atoms with Gasteiger partial charge in [-0.25, -0.2) is 0 Å². The molecule has 0 heterocycles. The fourth-order valence-electron chi connectivity index (χ4n) is 2.94. The highest BCUT2D eigenvalue weighted by Gasteiger charge is 2.23. The van der Waals surface area contributed by atoms with Crippen LogP contribution in [-0.2, 0) is 24.5 Å². The minimum atomic E-state index is -0.225. The SMILES string of the molecule is CCC(=O)OCCOc1ccc(C(C)(C)c2ccc(OCCOC(=O)CC)cc2)cc1. The lowest BCUT2D eigenvalue weighted by Gasteiger charge is -2.26. The predicted octanol–water partition coefficient (Wildman–Crippen LogP) is 4.68. The van der Waals surface area contributed by atoms with Gasteiger partial charge in [-0.1, -0.05) is 52.0 Å². The van der Waals surface area contributed by atoms with E-state index in [-0.39, 0.29) is 30.6 Å². The van der Waals surface area contributed by atoms with Crippen molar-refractivity contribution in [3.05, 3.63) is 59.7 Å². The van der Waals surface area contributed by atoms with Crippen molar-refractivity contribution in [1.29, 1.82) is 0 Å². The zero-order valence-electron chi connectivity index (χ0n) is 18.8. The summed E-state index contributed by atoms with van der Waals surface area (Å²) in [5.41, 5.74) is 2.10. The fraction of sp³-hybridized carbons (Fsp3) is 0.440. The molecular weight excluding hydrogens is 396 g/mol. The van der Waals surface area contributed by atoms with E-state index in [0.717, 1.165) is 22.6 Å². The molecule has 2 aromatic carbocycles. The lowest BCUT2D eigenvalue weighted by molar-refractivity contribution is -0.144. The Morgan fingerprint density at radius 2 is 1.00 bits per heavy atom. The van der Waals surface area contributed by atoms with Gasteiger partial charge in [0.2, 0.25) is 0 Å². The Hall–Kier alpha value is -3.02. The smallest absolute Gasteiger partial charge is 0.305 e. The number of carbonyl (C=O) groups excluding carboxylic acids is 2. The molecule has 0 fully saturated rings. The van der Waals surface area contributed by atoms with Crippen LogP contribution in [-0.4, -0.2) is 38.4 Å². The van der Waals surface area contributed by atoms with E-state index < -0.39 is 0 Å². The molecule has 2 rings (SSSR count). The van der Waals surface area contributed by atoms with Crippen LogP contribution < -0.4 is 9.47 Å². The first-order valence-corrected chi connectivity index (χ1v) is 10.6. The molecule has 6 nitrogen and oxygen atoms in total. The van der Waals surface area contributed by atoms with Crippen molar-refractivity contribution >= 4 is 11.9 Å². The van der Waals surface area contributed by atoms with Crippen molar-refractivity contribution in [2.24, 2.45) is 0 Å². The summed E-state index contributed by atoms with van der Waals surface area (Å²) in [5.74, 6) is 1.02. The number of esters is 2. The van der Waals surface area contributed by atoms with E-state index >= 15 is 0 Å². The van der Waals surface area contributed by atoms with E-state index in [1.807, 2.05) is 48.5 Å². The summed E-state index contributed by atoms with van der Waals surface area (Å²) in [4.78, 5) is 22.3. The lowest BCUT2D eigenvalue weighted by Crippen LogP contribution is -2.19. The molecule has 0 amide bonds. The number of hydrogen-bond donors (Lipinski definition) is 0. The maximum absolute atomic E-state index is 11.1. The van der Waals surface area contributed by atoms with Crippen LogP contribution in [0.3, 0.4) is 0 Å². The third kappa shape index (κ3) is 7.63. The summed E-state index contributed by atoms with van der Waals surface area (Å²) in [6.45, 7) is 8.99. The van der Waals surface area contributed by atoms with Crippen molar-refractivity contribution in [3.8, 4) is 11.5 Å². The summed E-state index contributed by atoms with van der Waals surface area (Å²) in [7, 11) is 0. The Bertz CT molecular complexity index is 755. The van der Waals surface area contributed by atoms with Crippen molar-refractivity contribution in [1.82, 2.24) is 0 Å². The van der Waals surface area contributed by atoms with Crippen molar-refractivity contribution in [3.63, 3.8) is 0 Å². The maximum Gasteiger partial charge on any atom is 0.305 e. The molecule has 31 heavy (non-hydrogen) atoms. The summed E-state index contributed by atoms with van der Waals surface area (Å²) in [5, 5.41) is 0. The predicted molar refractivity (Wildman–Crippen MR) is 119 cm³/mol. The van der Waals surface area contributed by atoms with Crippen molar-refractivity contribution in [2.45, 2.75) is 46.0 Å². The molecule has 168 valence electrons. The van der Waals surface area contributed by atoms with E-state index in [0.29, 0.717) is 26.1 Å². The average molecular weight is 429 g/mol. The zero-order chi connectivity index (χ0) is 22.7. The topological polar surface area (TPSA) is 71.1 Å². The van der Waals surface area contributed by atoms with Gasteiger partial charge in [-0.2, -0.15) is 0 Å². The molecule has 0 unspecified atom stereocenters. The standard InChI is InChI=1S/C25H32O6/c1-5-23(26)30-17-15-28-21-11-7-19(8-12-21)25(3,4)20-9-13-22(14-10-20)29-16-18-31-24(27)6-2/h7-14H,5-6,15-18H2,1-4H3. The van der Waals surface area contributed by atoms with Crippen LogP contribution in [0.15, 0.2) is 48.5 Å². The van der Waals surface area contributed by atoms with Crippen LogP contribution in [0, 0.1) is 0 Å². The normalized spacial score (nSPS) is 11.0. The van der Waals surface area contributed by atoms with Gasteiger partial charge in [-0.3, -0.25) is 9.59 Å². The van der Waals surface area contributed by atoms with E-state index in [2.05, 4.69) is 13.8 Å². The minimum absolute atomic E-state index is 0.204. The van der Waals surface area contributed by atoms with Gasteiger partial charge in [0, 0.05) is 18.3 Å². The van der Waals surface area contributed by atoms with Crippen LogP contribution in [0.5, 0.6) is 11.5 Å². The third-order valence-corrected chi connectivity index (χ3v) is 4.96. The van der Waals surface area contributed by atoms with Gasteiger partial charge in [0.15, 0.2) is 0 Å². The van der Waals surface area contributed by atoms with Gasteiger partial charge in [0.05, 0.1) is 0 Å². The van der Waals surface area contributed by atoms with Crippen LogP contribution in [0.4, 0.5) is 0 Å². The Morgan fingerprint density at radius 3 is 1.32 bits per heavy atom. The van der Waals surface area contributed by atoms with E-state index in [9.17, 15) is 9.59 Å². The van der Waals surface area contributed by atoms with E-state index in [1.54, 1.807) is 13.8 Å². The van der Waals surface area contributed by atoms with Crippen LogP contribution >= 0.6 is 0 Å².